The van der Waals surface area contributed by atoms with Gasteiger partial charge in [-0.2, -0.15) is 0 Å². The van der Waals surface area contributed by atoms with Crippen LogP contribution in [0.25, 0.3) is 0 Å². The van der Waals surface area contributed by atoms with Crippen LogP contribution in [0, 0.1) is 5.92 Å². The second-order valence-corrected chi connectivity index (χ2v) is 5.68. The van der Waals surface area contributed by atoms with Gasteiger partial charge in [0, 0.05) is 6.04 Å². The molecule has 0 aromatic carbocycles. The zero-order chi connectivity index (χ0) is 12.0. The van der Waals surface area contributed by atoms with Crippen molar-refractivity contribution in [2.75, 3.05) is 0 Å². The molecule has 2 aliphatic carbocycles. The summed E-state index contributed by atoms with van der Waals surface area (Å²) in [5.74, 6) is 0.614. The minimum absolute atomic E-state index is 0.0356. The van der Waals surface area contributed by atoms with Crippen molar-refractivity contribution >= 4 is 11.8 Å². The lowest BCUT2D eigenvalue weighted by molar-refractivity contribution is -0.151. The first-order chi connectivity index (χ1) is 8.18. The van der Waals surface area contributed by atoms with Gasteiger partial charge in [-0.1, -0.05) is 12.8 Å². The maximum atomic E-state index is 12.5. The highest BCUT2D eigenvalue weighted by molar-refractivity contribution is 5.97. The molecule has 2 atom stereocenters. The van der Waals surface area contributed by atoms with Crippen molar-refractivity contribution in [3.8, 4) is 0 Å². The molecular formula is C13H20N2O2. The summed E-state index contributed by atoms with van der Waals surface area (Å²) in [7, 11) is 0. The minimum atomic E-state index is -0.277. The van der Waals surface area contributed by atoms with Gasteiger partial charge in [0.2, 0.25) is 11.8 Å². The average molecular weight is 236 g/mol. The van der Waals surface area contributed by atoms with E-state index in [1.165, 1.54) is 12.8 Å². The van der Waals surface area contributed by atoms with Gasteiger partial charge in [0.05, 0.1) is 0 Å². The summed E-state index contributed by atoms with van der Waals surface area (Å²) in [5.41, 5.74) is 0. The topological polar surface area (TPSA) is 49.4 Å². The van der Waals surface area contributed by atoms with Crippen molar-refractivity contribution in [1.82, 2.24) is 10.2 Å². The number of hydrogen-bond acceptors (Lipinski definition) is 2. The molecule has 2 unspecified atom stereocenters. The number of carbonyl (C=O) groups excluding carboxylic acids is 2. The molecule has 0 radical (unpaired) electrons. The molecule has 1 saturated heterocycles. The van der Waals surface area contributed by atoms with E-state index in [9.17, 15) is 9.59 Å². The number of piperazine rings is 1. The first-order valence-corrected chi connectivity index (χ1v) is 6.81. The Kier molecular flexibility index (Phi) is 2.60. The van der Waals surface area contributed by atoms with Crippen LogP contribution >= 0.6 is 0 Å². The van der Waals surface area contributed by atoms with Crippen LogP contribution in [0.2, 0.25) is 0 Å². The quantitative estimate of drug-likeness (QED) is 0.779. The SMILES string of the molecule is CC1C(=O)NC(C2CC2)C(=O)N1C1CCCC1. The third-order valence-electron chi connectivity index (χ3n) is 4.43. The van der Waals surface area contributed by atoms with Crippen LogP contribution in [0.5, 0.6) is 0 Å². The Bertz CT molecular complexity index is 345. The Morgan fingerprint density at radius 3 is 2.35 bits per heavy atom. The Morgan fingerprint density at radius 2 is 1.76 bits per heavy atom. The molecule has 0 bridgehead atoms. The van der Waals surface area contributed by atoms with Gasteiger partial charge in [0.15, 0.2) is 0 Å². The zero-order valence-electron chi connectivity index (χ0n) is 10.3. The third kappa shape index (κ3) is 1.83. The maximum Gasteiger partial charge on any atom is 0.246 e. The van der Waals surface area contributed by atoms with Gasteiger partial charge in [-0.05, 0) is 38.5 Å². The predicted octanol–water partition coefficient (Wildman–Crippen LogP) is 1.05. The number of nitrogens with one attached hydrogen (secondary N) is 1. The monoisotopic (exact) mass is 236 g/mol. The molecule has 1 heterocycles. The number of rotatable bonds is 2. The molecule has 4 nitrogen and oxygen atoms in total. The standard InChI is InChI=1S/C13H20N2O2/c1-8-12(16)14-11(9-6-7-9)13(17)15(8)10-4-2-3-5-10/h8-11H,2-7H2,1H3,(H,14,16). The lowest BCUT2D eigenvalue weighted by Crippen LogP contribution is -2.65. The summed E-state index contributed by atoms with van der Waals surface area (Å²) in [5, 5.41) is 2.90. The van der Waals surface area contributed by atoms with Crippen LogP contribution in [0.4, 0.5) is 0 Å². The van der Waals surface area contributed by atoms with E-state index < -0.39 is 0 Å². The highest BCUT2D eigenvalue weighted by Crippen LogP contribution is 2.36. The van der Waals surface area contributed by atoms with Crippen LogP contribution in [0.15, 0.2) is 0 Å². The van der Waals surface area contributed by atoms with Gasteiger partial charge in [-0.25, -0.2) is 0 Å². The van der Waals surface area contributed by atoms with Gasteiger partial charge < -0.3 is 10.2 Å². The summed E-state index contributed by atoms with van der Waals surface area (Å²) in [6.07, 6.45) is 6.70. The minimum Gasteiger partial charge on any atom is -0.342 e. The molecule has 0 aromatic heterocycles. The molecule has 3 aliphatic rings. The van der Waals surface area contributed by atoms with Crippen molar-refractivity contribution in [3.63, 3.8) is 0 Å². The Balaban J connectivity index is 1.81. The summed E-state index contributed by atoms with van der Waals surface area (Å²) in [6.45, 7) is 1.86. The lowest BCUT2D eigenvalue weighted by Gasteiger charge is -2.41. The molecule has 2 saturated carbocycles. The number of hydrogen-bond donors (Lipinski definition) is 1. The highest BCUT2D eigenvalue weighted by Gasteiger charge is 2.47. The van der Waals surface area contributed by atoms with Gasteiger partial charge >= 0.3 is 0 Å². The molecule has 4 heteroatoms. The Morgan fingerprint density at radius 1 is 1.12 bits per heavy atom. The van der Waals surface area contributed by atoms with Crippen molar-refractivity contribution < 1.29 is 9.59 Å². The molecule has 2 amide bonds. The van der Waals surface area contributed by atoms with E-state index in [1.54, 1.807) is 0 Å². The second kappa shape index (κ2) is 4.00. The maximum absolute atomic E-state index is 12.5. The fourth-order valence-electron chi connectivity index (χ4n) is 3.24. The van der Waals surface area contributed by atoms with Gasteiger partial charge in [0.25, 0.3) is 0 Å². The molecule has 17 heavy (non-hydrogen) atoms. The van der Waals surface area contributed by atoms with E-state index in [0.29, 0.717) is 12.0 Å². The van der Waals surface area contributed by atoms with Gasteiger partial charge in [-0.15, -0.1) is 0 Å². The van der Waals surface area contributed by atoms with Crippen molar-refractivity contribution in [1.29, 1.82) is 0 Å². The first-order valence-electron chi connectivity index (χ1n) is 6.81. The van der Waals surface area contributed by atoms with Crippen LogP contribution < -0.4 is 5.32 Å². The predicted molar refractivity (Wildman–Crippen MR) is 63.2 cm³/mol. The molecule has 0 aromatic rings. The normalized spacial score (nSPS) is 35.2. The van der Waals surface area contributed by atoms with Crippen LogP contribution in [0.3, 0.4) is 0 Å². The Hall–Kier alpha value is -1.06. The van der Waals surface area contributed by atoms with Crippen LogP contribution in [-0.2, 0) is 9.59 Å². The van der Waals surface area contributed by atoms with Crippen LogP contribution in [0.1, 0.15) is 45.4 Å². The lowest BCUT2D eigenvalue weighted by atomic mass is 10.0. The molecule has 94 valence electrons. The fraction of sp³-hybridized carbons (Fsp3) is 0.846. The van der Waals surface area contributed by atoms with Crippen molar-refractivity contribution in [2.24, 2.45) is 5.92 Å². The van der Waals surface area contributed by atoms with Crippen LogP contribution in [-0.4, -0.2) is 34.8 Å². The van der Waals surface area contributed by atoms with E-state index >= 15 is 0 Å². The fourth-order valence-corrected chi connectivity index (χ4v) is 3.24. The summed E-state index contributed by atoms with van der Waals surface area (Å²) in [4.78, 5) is 26.3. The van der Waals surface area contributed by atoms with Gasteiger partial charge in [0.1, 0.15) is 12.1 Å². The second-order valence-electron chi connectivity index (χ2n) is 5.68. The number of carbonyl (C=O) groups is 2. The molecule has 1 N–H and O–H groups in total. The van der Waals surface area contributed by atoms with E-state index in [-0.39, 0.29) is 23.9 Å². The Labute approximate surface area is 102 Å². The first kappa shape index (κ1) is 11.1. The molecule has 1 aliphatic heterocycles. The molecule has 0 spiro atoms. The zero-order valence-corrected chi connectivity index (χ0v) is 10.3. The van der Waals surface area contributed by atoms with E-state index in [1.807, 2.05) is 11.8 Å². The smallest absolute Gasteiger partial charge is 0.246 e. The van der Waals surface area contributed by atoms with Crippen molar-refractivity contribution in [3.05, 3.63) is 0 Å². The van der Waals surface area contributed by atoms with E-state index in [0.717, 1.165) is 25.7 Å². The number of amides is 2. The molecule has 3 rings (SSSR count). The molecular weight excluding hydrogens is 216 g/mol. The van der Waals surface area contributed by atoms with Crippen molar-refractivity contribution in [2.45, 2.75) is 63.6 Å². The van der Waals surface area contributed by atoms with Gasteiger partial charge in [-0.3, -0.25) is 9.59 Å². The summed E-state index contributed by atoms with van der Waals surface area (Å²) >= 11 is 0. The molecule has 3 fully saturated rings. The number of nitrogens with zero attached hydrogens (tertiary/aromatic N) is 1. The largest absolute Gasteiger partial charge is 0.342 e. The highest BCUT2D eigenvalue weighted by atomic mass is 16.2. The van der Waals surface area contributed by atoms with E-state index in [4.69, 9.17) is 0 Å². The average Bonchev–Trinajstić information content (AvgIpc) is 3.01. The summed E-state index contributed by atoms with van der Waals surface area (Å²) < 4.78 is 0. The van der Waals surface area contributed by atoms with E-state index in [2.05, 4.69) is 5.32 Å². The summed E-state index contributed by atoms with van der Waals surface area (Å²) in [6, 6.07) is -0.190. The third-order valence-corrected chi connectivity index (χ3v) is 4.43.